The first-order chi connectivity index (χ1) is 11.2. The fourth-order valence-corrected chi connectivity index (χ4v) is 3.90. The second-order valence-corrected chi connectivity index (χ2v) is 8.18. The maximum Gasteiger partial charge on any atom is 0.263 e. The van der Waals surface area contributed by atoms with Crippen molar-refractivity contribution in [3.05, 3.63) is 11.8 Å². The number of ether oxygens (including phenoxy) is 1. The second kappa shape index (κ2) is 7.54. The number of carbonyl (C=O) groups excluding carboxylic acids is 1. The van der Waals surface area contributed by atoms with E-state index in [1.54, 1.807) is 6.20 Å². The average molecular weight is 334 g/mol. The zero-order valence-corrected chi connectivity index (χ0v) is 15.2. The minimum atomic E-state index is -0.340. The lowest BCUT2D eigenvalue weighted by Crippen LogP contribution is -2.61. The molecule has 2 rings (SSSR count). The van der Waals surface area contributed by atoms with E-state index in [1.165, 1.54) is 0 Å². The molecule has 24 heavy (non-hydrogen) atoms. The number of nitrogens with one attached hydrogen (secondary N) is 3. The predicted octanol–water partition coefficient (Wildman–Crippen LogP) is 1.59. The van der Waals surface area contributed by atoms with Gasteiger partial charge in [-0.05, 0) is 53.4 Å². The van der Waals surface area contributed by atoms with Crippen LogP contribution in [0.2, 0.25) is 0 Å². The van der Waals surface area contributed by atoms with Crippen LogP contribution in [-0.2, 0) is 9.53 Å². The average Bonchev–Trinajstić information content (AvgIpc) is 2.95. The highest BCUT2D eigenvalue weighted by molar-refractivity contribution is 5.97. The summed E-state index contributed by atoms with van der Waals surface area (Å²) >= 11 is 0. The molecule has 0 bridgehead atoms. The van der Waals surface area contributed by atoms with Gasteiger partial charge >= 0.3 is 0 Å². The first-order valence-electron chi connectivity index (χ1n) is 8.76. The molecule has 0 aromatic rings. The summed E-state index contributed by atoms with van der Waals surface area (Å²) < 4.78 is 5.48. The van der Waals surface area contributed by atoms with Gasteiger partial charge in [0.1, 0.15) is 11.6 Å². The highest BCUT2D eigenvalue weighted by Crippen LogP contribution is 2.28. The Morgan fingerprint density at radius 3 is 2.54 bits per heavy atom. The quantitative estimate of drug-likeness (QED) is 0.525. The molecule has 0 spiro atoms. The van der Waals surface area contributed by atoms with E-state index in [-0.39, 0.29) is 34.7 Å². The van der Waals surface area contributed by atoms with Crippen LogP contribution in [0.15, 0.2) is 11.8 Å². The molecule has 2 aliphatic heterocycles. The molecule has 2 saturated heterocycles. The summed E-state index contributed by atoms with van der Waals surface area (Å²) in [5.41, 5.74) is 0.145. The maximum absolute atomic E-state index is 12.1. The van der Waals surface area contributed by atoms with Crippen molar-refractivity contribution in [1.29, 1.82) is 5.26 Å². The van der Waals surface area contributed by atoms with Crippen molar-refractivity contribution in [3.63, 3.8) is 0 Å². The summed E-state index contributed by atoms with van der Waals surface area (Å²) in [5.74, 6) is -0.340. The van der Waals surface area contributed by atoms with Crippen LogP contribution in [0.4, 0.5) is 0 Å². The van der Waals surface area contributed by atoms with Crippen LogP contribution < -0.4 is 16.0 Å². The van der Waals surface area contributed by atoms with Crippen LogP contribution in [0.3, 0.4) is 0 Å². The molecule has 1 unspecified atom stereocenters. The van der Waals surface area contributed by atoms with Crippen LogP contribution in [-0.4, -0.2) is 42.3 Å². The lowest BCUT2D eigenvalue weighted by Gasteiger charge is -2.46. The van der Waals surface area contributed by atoms with Crippen molar-refractivity contribution < 1.29 is 9.53 Å². The molecular formula is C18H30N4O2. The normalized spacial score (nSPS) is 26.6. The van der Waals surface area contributed by atoms with Crippen molar-refractivity contribution in [3.8, 4) is 6.07 Å². The predicted molar refractivity (Wildman–Crippen MR) is 93.1 cm³/mol. The lowest BCUT2D eigenvalue weighted by atomic mass is 9.80. The number of piperidine rings is 1. The number of nitrogens with zero attached hydrogens (tertiary/aromatic N) is 1. The third-order valence-electron chi connectivity index (χ3n) is 4.53. The van der Waals surface area contributed by atoms with Crippen molar-refractivity contribution >= 4 is 5.91 Å². The van der Waals surface area contributed by atoms with Gasteiger partial charge in [-0.15, -0.1) is 0 Å². The number of amides is 1. The van der Waals surface area contributed by atoms with Gasteiger partial charge in [0, 0.05) is 36.5 Å². The molecule has 2 fully saturated rings. The third kappa shape index (κ3) is 5.50. The second-order valence-electron chi connectivity index (χ2n) is 8.18. The van der Waals surface area contributed by atoms with Crippen LogP contribution in [0.1, 0.15) is 53.4 Å². The van der Waals surface area contributed by atoms with E-state index >= 15 is 0 Å². The van der Waals surface area contributed by atoms with Gasteiger partial charge in [-0.1, -0.05) is 0 Å². The van der Waals surface area contributed by atoms with E-state index in [9.17, 15) is 10.1 Å². The first kappa shape index (κ1) is 18.8. The van der Waals surface area contributed by atoms with E-state index < -0.39 is 0 Å². The summed E-state index contributed by atoms with van der Waals surface area (Å²) in [7, 11) is 0. The smallest absolute Gasteiger partial charge is 0.263 e. The highest BCUT2D eigenvalue weighted by atomic mass is 16.5. The molecule has 6 heteroatoms. The maximum atomic E-state index is 12.1. The van der Waals surface area contributed by atoms with Gasteiger partial charge < -0.3 is 20.7 Å². The fraction of sp³-hybridized carbons (Fsp3) is 0.778. The molecule has 1 amide bonds. The van der Waals surface area contributed by atoms with Gasteiger partial charge in [-0.3, -0.25) is 4.79 Å². The molecule has 0 aromatic heterocycles. The molecule has 0 radical (unpaired) electrons. The van der Waals surface area contributed by atoms with Gasteiger partial charge in [0.05, 0.1) is 6.10 Å². The van der Waals surface area contributed by atoms with Crippen molar-refractivity contribution in [2.24, 2.45) is 0 Å². The van der Waals surface area contributed by atoms with Crippen LogP contribution in [0, 0.1) is 11.3 Å². The molecule has 6 nitrogen and oxygen atoms in total. The minimum Gasteiger partial charge on any atom is -0.387 e. The minimum absolute atomic E-state index is 0.0160. The molecular weight excluding hydrogens is 304 g/mol. The lowest BCUT2D eigenvalue weighted by molar-refractivity contribution is -0.117. The van der Waals surface area contributed by atoms with E-state index in [4.69, 9.17) is 4.74 Å². The first-order valence-corrected chi connectivity index (χ1v) is 8.76. The van der Waals surface area contributed by atoms with E-state index in [0.29, 0.717) is 6.54 Å². The summed E-state index contributed by atoms with van der Waals surface area (Å²) in [6.07, 6.45) is 5.50. The van der Waals surface area contributed by atoms with Crippen molar-refractivity contribution in [2.75, 3.05) is 13.2 Å². The van der Waals surface area contributed by atoms with Gasteiger partial charge in [-0.25, -0.2) is 0 Å². The molecule has 134 valence electrons. The number of rotatable bonds is 5. The number of hydrogen-bond donors (Lipinski definition) is 3. The molecule has 2 aliphatic rings. The Hall–Kier alpha value is -1.58. The van der Waals surface area contributed by atoms with Gasteiger partial charge in [0.2, 0.25) is 0 Å². The fourth-order valence-electron chi connectivity index (χ4n) is 3.90. The Balaban J connectivity index is 1.89. The van der Waals surface area contributed by atoms with E-state index in [1.807, 2.05) is 6.07 Å². The molecule has 2 heterocycles. The van der Waals surface area contributed by atoms with Gasteiger partial charge in [-0.2, -0.15) is 5.26 Å². The Morgan fingerprint density at radius 1 is 1.33 bits per heavy atom. The number of nitriles is 1. The van der Waals surface area contributed by atoms with E-state index in [2.05, 4.69) is 43.6 Å². The van der Waals surface area contributed by atoms with Crippen molar-refractivity contribution in [2.45, 2.75) is 76.6 Å². The number of hydrogen-bond acceptors (Lipinski definition) is 5. The Bertz CT molecular complexity index is 512. The van der Waals surface area contributed by atoms with Crippen LogP contribution >= 0.6 is 0 Å². The Labute approximate surface area is 145 Å². The largest absolute Gasteiger partial charge is 0.387 e. The molecule has 0 aromatic carbocycles. The molecule has 1 atom stereocenters. The summed E-state index contributed by atoms with van der Waals surface area (Å²) in [6.45, 7) is 9.91. The third-order valence-corrected chi connectivity index (χ3v) is 4.53. The van der Waals surface area contributed by atoms with Crippen molar-refractivity contribution in [1.82, 2.24) is 16.0 Å². The molecule has 0 saturated carbocycles. The topological polar surface area (TPSA) is 86.2 Å². The van der Waals surface area contributed by atoms with Gasteiger partial charge in [0.25, 0.3) is 5.91 Å². The summed E-state index contributed by atoms with van der Waals surface area (Å²) in [5, 5.41) is 18.9. The van der Waals surface area contributed by atoms with Crippen LogP contribution in [0.25, 0.3) is 0 Å². The standard InChI is InChI=1S/C18H30N4O2/c1-17(2)8-14(9-18(3,4)22-17)20-11-13(10-19)16(23)21-12-15-6-5-7-24-15/h11,14-15,20,22H,5-9,12H2,1-4H3,(H,21,23)/b13-11-. The zero-order valence-electron chi connectivity index (χ0n) is 15.2. The van der Waals surface area contributed by atoms with E-state index in [0.717, 1.165) is 32.3 Å². The molecule has 0 aliphatic carbocycles. The summed E-state index contributed by atoms with van der Waals surface area (Å²) in [6, 6.07) is 2.22. The summed E-state index contributed by atoms with van der Waals surface area (Å²) in [4.78, 5) is 12.1. The van der Waals surface area contributed by atoms with Crippen LogP contribution in [0.5, 0.6) is 0 Å². The Kier molecular flexibility index (Phi) is 5.89. The monoisotopic (exact) mass is 334 g/mol. The molecule has 3 N–H and O–H groups in total. The number of carbonyl (C=O) groups is 1. The zero-order chi connectivity index (χ0) is 17.8. The SMILES string of the molecule is CC1(C)CC(N/C=C(/C#N)C(=O)NCC2CCCO2)CC(C)(C)N1. The Morgan fingerprint density at radius 2 is 2.00 bits per heavy atom. The van der Waals surface area contributed by atoms with Gasteiger partial charge in [0.15, 0.2) is 0 Å². The highest BCUT2D eigenvalue weighted by Gasteiger charge is 2.37.